The Kier molecular flexibility index (Phi) is 4.71. The summed E-state index contributed by atoms with van der Waals surface area (Å²) in [7, 11) is 0. The normalized spacial score (nSPS) is 10.1. The molecule has 0 spiro atoms. The predicted octanol–water partition coefficient (Wildman–Crippen LogP) is 2.39. The lowest BCUT2D eigenvalue weighted by Crippen LogP contribution is -2.28. The van der Waals surface area contributed by atoms with Gasteiger partial charge in [0.25, 0.3) is 5.91 Å². The minimum Gasteiger partial charge on any atom is -0.484 e. The fourth-order valence-electron chi connectivity index (χ4n) is 1.92. The second kappa shape index (κ2) is 6.70. The maximum absolute atomic E-state index is 11.7. The quantitative estimate of drug-likeness (QED) is 0.907. The van der Waals surface area contributed by atoms with Crippen LogP contribution in [0.5, 0.6) is 5.75 Å². The maximum Gasteiger partial charge on any atom is 0.258 e. The van der Waals surface area contributed by atoms with Gasteiger partial charge in [-0.3, -0.25) is 9.78 Å². The molecule has 1 amide bonds. The third-order valence-electron chi connectivity index (χ3n) is 2.78. The molecule has 2 rings (SSSR count). The van der Waals surface area contributed by atoms with Gasteiger partial charge in [0.1, 0.15) is 5.75 Å². The second-order valence-electron chi connectivity index (χ2n) is 4.75. The van der Waals surface area contributed by atoms with E-state index in [9.17, 15) is 4.79 Å². The fraction of sp³-hybridized carbons (Fsp3) is 0.250. The SMILES string of the molecule is Cc1cc(C)cc(OCC(=O)NCc2cccnc2)c1. The molecule has 0 unspecified atom stereocenters. The molecule has 0 bridgehead atoms. The molecule has 2 aromatic rings. The van der Waals surface area contributed by atoms with Crippen molar-refractivity contribution in [1.82, 2.24) is 10.3 Å². The van der Waals surface area contributed by atoms with E-state index in [1.54, 1.807) is 12.4 Å². The topological polar surface area (TPSA) is 51.2 Å². The summed E-state index contributed by atoms with van der Waals surface area (Å²) in [6.07, 6.45) is 3.43. The molecule has 0 saturated heterocycles. The van der Waals surface area contributed by atoms with E-state index in [1.807, 2.05) is 38.1 Å². The molecule has 0 aliphatic heterocycles. The largest absolute Gasteiger partial charge is 0.484 e. The molecule has 0 aliphatic carbocycles. The van der Waals surface area contributed by atoms with Gasteiger partial charge in [0.2, 0.25) is 0 Å². The number of rotatable bonds is 5. The van der Waals surface area contributed by atoms with E-state index in [0.29, 0.717) is 6.54 Å². The van der Waals surface area contributed by atoms with Crippen LogP contribution < -0.4 is 10.1 Å². The summed E-state index contributed by atoms with van der Waals surface area (Å²) in [4.78, 5) is 15.7. The zero-order valence-corrected chi connectivity index (χ0v) is 11.7. The highest BCUT2D eigenvalue weighted by Crippen LogP contribution is 2.15. The standard InChI is InChI=1S/C16H18N2O2/c1-12-6-13(2)8-15(7-12)20-11-16(19)18-10-14-4-3-5-17-9-14/h3-9H,10-11H2,1-2H3,(H,18,19). The number of carbonyl (C=O) groups excluding carboxylic acids is 1. The van der Waals surface area contributed by atoms with Gasteiger partial charge in [0.15, 0.2) is 6.61 Å². The highest BCUT2D eigenvalue weighted by molar-refractivity contribution is 5.77. The van der Waals surface area contributed by atoms with Gasteiger partial charge in [-0.1, -0.05) is 12.1 Å². The van der Waals surface area contributed by atoms with Crippen LogP contribution in [-0.2, 0) is 11.3 Å². The number of carbonyl (C=O) groups is 1. The number of benzene rings is 1. The lowest BCUT2D eigenvalue weighted by Gasteiger charge is -2.09. The van der Waals surface area contributed by atoms with Crippen LogP contribution >= 0.6 is 0 Å². The van der Waals surface area contributed by atoms with E-state index in [0.717, 1.165) is 22.4 Å². The second-order valence-corrected chi connectivity index (χ2v) is 4.75. The molecule has 0 fully saturated rings. The van der Waals surface area contributed by atoms with Crippen LogP contribution in [0.4, 0.5) is 0 Å². The molecule has 0 saturated carbocycles. The molecule has 104 valence electrons. The van der Waals surface area contributed by atoms with E-state index < -0.39 is 0 Å². The molecular weight excluding hydrogens is 252 g/mol. The maximum atomic E-state index is 11.7. The molecule has 1 heterocycles. The van der Waals surface area contributed by atoms with Crippen LogP contribution in [0.15, 0.2) is 42.7 Å². The van der Waals surface area contributed by atoms with Crippen molar-refractivity contribution in [3.8, 4) is 5.75 Å². The number of hydrogen-bond donors (Lipinski definition) is 1. The van der Waals surface area contributed by atoms with Crippen molar-refractivity contribution in [1.29, 1.82) is 0 Å². The van der Waals surface area contributed by atoms with Crippen LogP contribution in [0.2, 0.25) is 0 Å². The average molecular weight is 270 g/mol. The minimum absolute atomic E-state index is 0.0170. The van der Waals surface area contributed by atoms with Gasteiger partial charge in [0, 0.05) is 18.9 Å². The van der Waals surface area contributed by atoms with Gasteiger partial charge in [-0.2, -0.15) is 0 Å². The minimum atomic E-state index is -0.145. The van der Waals surface area contributed by atoms with Gasteiger partial charge in [-0.15, -0.1) is 0 Å². The third kappa shape index (κ3) is 4.39. The van der Waals surface area contributed by atoms with E-state index in [1.165, 1.54) is 0 Å². The number of amides is 1. The van der Waals surface area contributed by atoms with Gasteiger partial charge >= 0.3 is 0 Å². The number of aromatic nitrogens is 1. The van der Waals surface area contributed by atoms with Crippen LogP contribution in [0, 0.1) is 13.8 Å². The summed E-state index contributed by atoms with van der Waals surface area (Å²) in [5.74, 6) is 0.576. The van der Waals surface area contributed by atoms with Crippen molar-refractivity contribution in [2.75, 3.05) is 6.61 Å². The number of ether oxygens (including phenoxy) is 1. The summed E-state index contributed by atoms with van der Waals surface area (Å²) in [5.41, 5.74) is 3.21. The molecule has 4 heteroatoms. The Labute approximate surface area is 118 Å². The average Bonchev–Trinajstić information content (AvgIpc) is 2.43. The van der Waals surface area contributed by atoms with Crippen LogP contribution in [-0.4, -0.2) is 17.5 Å². The molecular formula is C16H18N2O2. The number of pyridine rings is 1. The molecule has 1 N–H and O–H groups in total. The van der Waals surface area contributed by atoms with Crippen molar-refractivity contribution >= 4 is 5.91 Å². The van der Waals surface area contributed by atoms with Crippen molar-refractivity contribution in [3.05, 3.63) is 59.4 Å². The zero-order valence-electron chi connectivity index (χ0n) is 11.7. The van der Waals surface area contributed by atoms with Crippen molar-refractivity contribution < 1.29 is 9.53 Å². The van der Waals surface area contributed by atoms with E-state index in [4.69, 9.17) is 4.74 Å². The summed E-state index contributed by atoms with van der Waals surface area (Å²) < 4.78 is 5.49. The molecule has 4 nitrogen and oxygen atoms in total. The van der Waals surface area contributed by atoms with Crippen LogP contribution in [0.25, 0.3) is 0 Å². The van der Waals surface area contributed by atoms with Gasteiger partial charge < -0.3 is 10.1 Å². The summed E-state index contributed by atoms with van der Waals surface area (Å²) >= 11 is 0. The van der Waals surface area contributed by atoms with E-state index in [2.05, 4.69) is 16.4 Å². The monoisotopic (exact) mass is 270 g/mol. The Morgan fingerprint density at radius 1 is 1.25 bits per heavy atom. The zero-order chi connectivity index (χ0) is 14.4. The lowest BCUT2D eigenvalue weighted by molar-refractivity contribution is -0.123. The van der Waals surface area contributed by atoms with Gasteiger partial charge in [-0.05, 0) is 48.7 Å². The molecule has 0 aliphatic rings. The van der Waals surface area contributed by atoms with Crippen molar-refractivity contribution in [2.24, 2.45) is 0 Å². The highest BCUT2D eigenvalue weighted by Gasteiger charge is 2.03. The third-order valence-corrected chi connectivity index (χ3v) is 2.78. The van der Waals surface area contributed by atoms with Crippen LogP contribution in [0.3, 0.4) is 0 Å². The number of nitrogens with one attached hydrogen (secondary N) is 1. The Balaban J connectivity index is 1.80. The van der Waals surface area contributed by atoms with Crippen molar-refractivity contribution in [2.45, 2.75) is 20.4 Å². The first-order chi connectivity index (χ1) is 9.63. The molecule has 1 aromatic heterocycles. The fourth-order valence-corrected chi connectivity index (χ4v) is 1.92. The van der Waals surface area contributed by atoms with E-state index in [-0.39, 0.29) is 12.5 Å². The van der Waals surface area contributed by atoms with Crippen LogP contribution in [0.1, 0.15) is 16.7 Å². The molecule has 20 heavy (non-hydrogen) atoms. The Morgan fingerprint density at radius 3 is 2.65 bits per heavy atom. The first kappa shape index (κ1) is 14.1. The Morgan fingerprint density at radius 2 is 2.00 bits per heavy atom. The molecule has 0 atom stereocenters. The lowest BCUT2D eigenvalue weighted by atomic mass is 10.1. The number of nitrogens with zero attached hydrogens (tertiary/aromatic N) is 1. The van der Waals surface area contributed by atoms with Gasteiger partial charge in [-0.25, -0.2) is 0 Å². The first-order valence-corrected chi connectivity index (χ1v) is 6.50. The Hall–Kier alpha value is -2.36. The summed E-state index contributed by atoms with van der Waals surface area (Å²) in [5, 5.41) is 2.79. The van der Waals surface area contributed by atoms with Crippen molar-refractivity contribution in [3.63, 3.8) is 0 Å². The molecule has 0 radical (unpaired) electrons. The number of aryl methyl sites for hydroxylation is 2. The number of hydrogen-bond acceptors (Lipinski definition) is 3. The highest BCUT2D eigenvalue weighted by atomic mass is 16.5. The first-order valence-electron chi connectivity index (χ1n) is 6.50. The Bertz CT molecular complexity index is 562. The predicted molar refractivity (Wildman–Crippen MR) is 77.5 cm³/mol. The smallest absolute Gasteiger partial charge is 0.258 e. The van der Waals surface area contributed by atoms with Gasteiger partial charge in [0.05, 0.1) is 0 Å². The summed E-state index contributed by atoms with van der Waals surface area (Å²) in [6, 6.07) is 9.66. The summed E-state index contributed by atoms with van der Waals surface area (Å²) in [6.45, 7) is 4.48. The van der Waals surface area contributed by atoms with E-state index >= 15 is 0 Å². The molecule has 1 aromatic carbocycles.